The summed E-state index contributed by atoms with van der Waals surface area (Å²) < 4.78 is 0. The molecule has 1 aliphatic heterocycles. The molecule has 18 heavy (non-hydrogen) atoms. The first-order chi connectivity index (χ1) is 8.53. The smallest absolute Gasteiger partial charge is 0.0335 e. The minimum absolute atomic E-state index is 0.330. The van der Waals surface area contributed by atoms with Crippen LogP contribution in [-0.4, -0.2) is 29.6 Å². The van der Waals surface area contributed by atoms with E-state index in [1.807, 2.05) is 0 Å². The van der Waals surface area contributed by atoms with Crippen LogP contribution in [0.5, 0.6) is 0 Å². The second-order valence-electron chi connectivity index (χ2n) is 7.34. The summed E-state index contributed by atoms with van der Waals surface area (Å²) in [6.45, 7) is 9.33. The Hall–Kier alpha value is -0.0800. The number of hydrogen-bond donors (Lipinski definition) is 1. The standard InChI is InChI=1S/C16H32N2/c1-4-14-7-5-6-12-18(14)16(13-17)10-8-15(2,3)9-11-16/h14H,4-13,17H2,1-3H3. The molecule has 0 bridgehead atoms. The zero-order chi connectivity index (χ0) is 13.2. The fourth-order valence-corrected chi connectivity index (χ4v) is 4.05. The van der Waals surface area contributed by atoms with Crippen LogP contribution >= 0.6 is 0 Å². The Morgan fingerprint density at radius 3 is 2.33 bits per heavy atom. The Bertz CT molecular complexity index is 262. The van der Waals surface area contributed by atoms with Crippen molar-refractivity contribution in [1.29, 1.82) is 0 Å². The third-order valence-corrected chi connectivity index (χ3v) is 5.62. The molecule has 2 aliphatic rings. The molecule has 0 radical (unpaired) electrons. The monoisotopic (exact) mass is 252 g/mol. The van der Waals surface area contributed by atoms with Gasteiger partial charge in [0.25, 0.3) is 0 Å². The van der Waals surface area contributed by atoms with E-state index in [0.29, 0.717) is 11.0 Å². The Kier molecular flexibility index (Phi) is 4.38. The van der Waals surface area contributed by atoms with Crippen molar-refractivity contribution in [3.63, 3.8) is 0 Å². The molecule has 2 nitrogen and oxygen atoms in total. The summed E-state index contributed by atoms with van der Waals surface area (Å²) in [4.78, 5) is 2.81. The first-order valence-corrected chi connectivity index (χ1v) is 8.00. The Morgan fingerprint density at radius 2 is 1.78 bits per heavy atom. The third kappa shape index (κ3) is 2.75. The Morgan fingerprint density at radius 1 is 1.11 bits per heavy atom. The molecule has 1 saturated heterocycles. The predicted octanol–water partition coefficient (Wildman–Crippen LogP) is 3.55. The molecular formula is C16H32N2. The van der Waals surface area contributed by atoms with Gasteiger partial charge < -0.3 is 5.73 Å². The van der Waals surface area contributed by atoms with Crippen molar-refractivity contribution < 1.29 is 0 Å². The van der Waals surface area contributed by atoms with Gasteiger partial charge in [0.15, 0.2) is 0 Å². The number of nitrogens with zero attached hydrogens (tertiary/aromatic N) is 1. The molecule has 0 spiro atoms. The highest BCUT2D eigenvalue weighted by molar-refractivity contribution is 5.00. The summed E-state index contributed by atoms with van der Waals surface area (Å²) >= 11 is 0. The van der Waals surface area contributed by atoms with Crippen molar-refractivity contribution in [2.24, 2.45) is 11.1 Å². The molecule has 2 rings (SSSR count). The zero-order valence-electron chi connectivity index (χ0n) is 12.7. The van der Waals surface area contributed by atoms with Crippen molar-refractivity contribution >= 4 is 0 Å². The number of hydrogen-bond acceptors (Lipinski definition) is 2. The Balaban J connectivity index is 2.11. The summed E-state index contributed by atoms with van der Waals surface area (Å²) in [5, 5.41) is 0. The van der Waals surface area contributed by atoms with Crippen LogP contribution in [0.3, 0.4) is 0 Å². The topological polar surface area (TPSA) is 29.3 Å². The average Bonchev–Trinajstić information content (AvgIpc) is 2.40. The van der Waals surface area contributed by atoms with Crippen molar-refractivity contribution in [2.75, 3.05) is 13.1 Å². The van der Waals surface area contributed by atoms with Crippen LogP contribution in [0, 0.1) is 5.41 Å². The lowest BCUT2D eigenvalue weighted by molar-refractivity contribution is -0.0249. The molecule has 1 saturated carbocycles. The van der Waals surface area contributed by atoms with Gasteiger partial charge in [-0.15, -0.1) is 0 Å². The molecule has 2 N–H and O–H groups in total. The lowest BCUT2D eigenvalue weighted by atomic mass is 9.68. The molecule has 2 fully saturated rings. The van der Waals surface area contributed by atoms with Crippen LogP contribution in [0.15, 0.2) is 0 Å². The van der Waals surface area contributed by atoms with Crippen molar-refractivity contribution in [1.82, 2.24) is 4.90 Å². The third-order valence-electron chi connectivity index (χ3n) is 5.62. The van der Waals surface area contributed by atoms with E-state index in [-0.39, 0.29) is 0 Å². The highest BCUT2D eigenvalue weighted by Gasteiger charge is 2.44. The summed E-state index contributed by atoms with van der Waals surface area (Å²) in [5.41, 5.74) is 7.10. The van der Waals surface area contributed by atoms with Crippen LogP contribution in [0.2, 0.25) is 0 Å². The quantitative estimate of drug-likeness (QED) is 0.832. The van der Waals surface area contributed by atoms with Crippen LogP contribution in [0.25, 0.3) is 0 Å². The van der Waals surface area contributed by atoms with E-state index in [1.54, 1.807) is 0 Å². The molecule has 2 heteroatoms. The molecular weight excluding hydrogens is 220 g/mol. The van der Waals surface area contributed by atoms with E-state index in [2.05, 4.69) is 25.7 Å². The number of piperidine rings is 1. The van der Waals surface area contributed by atoms with Gasteiger partial charge in [-0.2, -0.15) is 0 Å². The van der Waals surface area contributed by atoms with Gasteiger partial charge >= 0.3 is 0 Å². The second kappa shape index (κ2) is 5.50. The lowest BCUT2D eigenvalue weighted by Gasteiger charge is -2.54. The summed E-state index contributed by atoms with van der Waals surface area (Å²) in [7, 11) is 0. The lowest BCUT2D eigenvalue weighted by Crippen LogP contribution is -2.61. The van der Waals surface area contributed by atoms with Crippen molar-refractivity contribution in [3.05, 3.63) is 0 Å². The highest BCUT2D eigenvalue weighted by atomic mass is 15.2. The highest BCUT2D eigenvalue weighted by Crippen LogP contribution is 2.44. The van der Waals surface area contributed by atoms with Gasteiger partial charge in [-0.3, -0.25) is 4.90 Å². The number of likely N-dealkylation sites (tertiary alicyclic amines) is 1. The van der Waals surface area contributed by atoms with Gasteiger partial charge in [0.1, 0.15) is 0 Å². The molecule has 1 aliphatic carbocycles. The van der Waals surface area contributed by atoms with E-state index in [0.717, 1.165) is 12.6 Å². The van der Waals surface area contributed by atoms with E-state index < -0.39 is 0 Å². The first kappa shape index (κ1) is 14.3. The van der Waals surface area contributed by atoms with Crippen LogP contribution in [-0.2, 0) is 0 Å². The minimum atomic E-state index is 0.330. The number of nitrogens with two attached hydrogens (primary N) is 1. The zero-order valence-corrected chi connectivity index (χ0v) is 12.7. The van der Waals surface area contributed by atoms with E-state index in [4.69, 9.17) is 5.73 Å². The normalized spacial score (nSPS) is 32.3. The second-order valence-corrected chi connectivity index (χ2v) is 7.34. The molecule has 0 aromatic carbocycles. The fourth-order valence-electron chi connectivity index (χ4n) is 4.05. The fraction of sp³-hybridized carbons (Fsp3) is 1.00. The molecule has 1 unspecified atom stereocenters. The molecule has 0 amide bonds. The average molecular weight is 252 g/mol. The predicted molar refractivity (Wildman–Crippen MR) is 78.7 cm³/mol. The van der Waals surface area contributed by atoms with E-state index in [9.17, 15) is 0 Å². The van der Waals surface area contributed by atoms with Gasteiger partial charge in [0, 0.05) is 18.1 Å². The minimum Gasteiger partial charge on any atom is -0.329 e. The van der Waals surface area contributed by atoms with Crippen molar-refractivity contribution in [3.8, 4) is 0 Å². The summed E-state index contributed by atoms with van der Waals surface area (Å²) in [6.07, 6.45) is 10.8. The van der Waals surface area contributed by atoms with Gasteiger partial charge in [-0.05, 0) is 56.9 Å². The van der Waals surface area contributed by atoms with Crippen LogP contribution < -0.4 is 5.73 Å². The summed E-state index contributed by atoms with van der Waals surface area (Å²) in [6, 6.07) is 0.795. The first-order valence-electron chi connectivity index (χ1n) is 8.00. The maximum atomic E-state index is 6.23. The molecule has 1 heterocycles. The van der Waals surface area contributed by atoms with Crippen LogP contribution in [0.1, 0.15) is 72.1 Å². The largest absolute Gasteiger partial charge is 0.329 e. The molecule has 1 atom stereocenters. The van der Waals surface area contributed by atoms with Gasteiger partial charge in [-0.1, -0.05) is 27.2 Å². The maximum Gasteiger partial charge on any atom is 0.0335 e. The van der Waals surface area contributed by atoms with Gasteiger partial charge in [0.05, 0.1) is 0 Å². The molecule has 0 aromatic heterocycles. The SMILES string of the molecule is CCC1CCCCN1C1(CN)CCC(C)(C)CC1. The van der Waals surface area contributed by atoms with Crippen LogP contribution in [0.4, 0.5) is 0 Å². The van der Waals surface area contributed by atoms with Gasteiger partial charge in [-0.25, -0.2) is 0 Å². The van der Waals surface area contributed by atoms with Crippen molar-refractivity contribution in [2.45, 2.75) is 83.7 Å². The number of rotatable bonds is 3. The van der Waals surface area contributed by atoms with E-state index >= 15 is 0 Å². The van der Waals surface area contributed by atoms with Gasteiger partial charge in [0.2, 0.25) is 0 Å². The van der Waals surface area contributed by atoms with E-state index in [1.165, 1.54) is 57.9 Å². The maximum absolute atomic E-state index is 6.23. The molecule has 106 valence electrons. The Labute approximate surface area is 113 Å². The summed E-state index contributed by atoms with van der Waals surface area (Å²) in [5.74, 6) is 0. The molecule has 0 aromatic rings.